The number of carboxylic acids is 1. The van der Waals surface area contributed by atoms with Gasteiger partial charge in [0.05, 0.1) is 0 Å². The van der Waals surface area contributed by atoms with Gasteiger partial charge in [0.1, 0.15) is 11.9 Å². The summed E-state index contributed by atoms with van der Waals surface area (Å²) in [6.45, 7) is 0. The van der Waals surface area contributed by atoms with Crippen molar-refractivity contribution in [3.8, 4) is 0 Å². The molecular formula is C8H10N2O2. The van der Waals surface area contributed by atoms with Crippen LogP contribution in [-0.4, -0.2) is 23.0 Å². The van der Waals surface area contributed by atoms with E-state index in [4.69, 9.17) is 5.11 Å². The van der Waals surface area contributed by atoms with E-state index < -0.39 is 12.0 Å². The minimum absolute atomic E-state index is 0.302. The minimum atomic E-state index is -0.821. The third kappa shape index (κ3) is 1.09. The van der Waals surface area contributed by atoms with Crippen LogP contribution >= 0.6 is 0 Å². The third-order valence-electron chi connectivity index (χ3n) is 2.24. The van der Waals surface area contributed by atoms with Crippen LogP contribution in [0.4, 0.5) is 0 Å². The van der Waals surface area contributed by atoms with Crippen LogP contribution in [0.2, 0.25) is 0 Å². The van der Waals surface area contributed by atoms with Gasteiger partial charge in [-0.2, -0.15) is 0 Å². The van der Waals surface area contributed by atoms with Gasteiger partial charge in [0.2, 0.25) is 0 Å². The number of amidine groups is 1. The molecule has 0 fully saturated rings. The van der Waals surface area contributed by atoms with E-state index in [0.717, 1.165) is 12.3 Å². The fraction of sp³-hybridized carbons (Fsp3) is 0.500. The molecule has 0 bridgehead atoms. The first-order chi connectivity index (χ1) is 5.77. The third-order valence-corrected chi connectivity index (χ3v) is 2.24. The van der Waals surface area contributed by atoms with Gasteiger partial charge in [-0.25, -0.2) is 4.79 Å². The number of carboxylic acid groups (broad SMARTS) is 1. The molecule has 0 aromatic rings. The molecule has 2 heterocycles. The molecule has 0 aromatic heterocycles. The van der Waals surface area contributed by atoms with Crippen molar-refractivity contribution in [3.63, 3.8) is 0 Å². The van der Waals surface area contributed by atoms with Gasteiger partial charge in [0, 0.05) is 5.92 Å². The van der Waals surface area contributed by atoms with Crippen molar-refractivity contribution in [2.24, 2.45) is 10.9 Å². The molecule has 0 saturated heterocycles. The number of rotatable bonds is 1. The standard InChI is InChI=1S/C8H10N2O2/c11-8(12)6-4-5-2-1-3-9-7(5)10-6/h1,3,5-6H,2,4H2,(H,9,10)(H,11,12). The molecule has 4 nitrogen and oxygen atoms in total. The number of carbonyl (C=O) groups is 1. The normalized spacial score (nSPS) is 32.2. The molecule has 0 aliphatic carbocycles. The van der Waals surface area contributed by atoms with Gasteiger partial charge in [0.25, 0.3) is 0 Å². The van der Waals surface area contributed by atoms with Crippen LogP contribution in [0.5, 0.6) is 0 Å². The minimum Gasteiger partial charge on any atom is -0.480 e. The number of allylic oxidation sites excluding steroid dienone is 1. The van der Waals surface area contributed by atoms with Gasteiger partial charge in [-0.1, -0.05) is 6.08 Å². The zero-order valence-corrected chi connectivity index (χ0v) is 6.53. The first-order valence-corrected chi connectivity index (χ1v) is 3.99. The van der Waals surface area contributed by atoms with Crippen LogP contribution in [0.1, 0.15) is 12.8 Å². The van der Waals surface area contributed by atoms with E-state index in [9.17, 15) is 4.79 Å². The fourth-order valence-electron chi connectivity index (χ4n) is 1.60. The maximum atomic E-state index is 10.6. The summed E-state index contributed by atoms with van der Waals surface area (Å²) in [5.74, 6) is 0.319. The molecular weight excluding hydrogens is 156 g/mol. The van der Waals surface area contributed by atoms with Gasteiger partial charge in [-0.05, 0) is 19.0 Å². The Kier molecular flexibility index (Phi) is 1.60. The monoisotopic (exact) mass is 166 g/mol. The van der Waals surface area contributed by atoms with Crippen LogP contribution in [0.15, 0.2) is 17.3 Å². The van der Waals surface area contributed by atoms with Crippen molar-refractivity contribution >= 4 is 11.8 Å². The Morgan fingerprint density at radius 3 is 3.25 bits per heavy atom. The molecule has 0 saturated carbocycles. The Morgan fingerprint density at radius 1 is 1.75 bits per heavy atom. The van der Waals surface area contributed by atoms with Crippen molar-refractivity contribution in [3.05, 3.63) is 12.3 Å². The van der Waals surface area contributed by atoms with E-state index in [1.54, 1.807) is 0 Å². The average molecular weight is 166 g/mol. The van der Waals surface area contributed by atoms with Gasteiger partial charge >= 0.3 is 5.97 Å². The predicted molar refractivity (Wildman–Crippen MR) is 43.9 cm³/mol. The molecule has 2 N–H and O–H groups in total. The molecule has 2 atom stereocenters. The maximum absolute atomic E-state index is 10.6. The maximum Gasteiger partial charge on any atom is 0.328 e. The zero-order valence-electron chi connectivity index (χ0n) is 6.53. The second-order valence-corrected chi connectivity index (χ2v) is 3.08. The summed E-state index contributed by atoms with van der Waals surface area (Å²) in [7, 11) is 0. The van der Waals surface area contributed by atoms with Gasteiger partial charge in [-0.3, -0.25) is 4.99 Å². The number of nitrogens with zero attached hydrogens (tertiary/aromatic N) is 1. The van der Waals surface area contributed by atoms with E-state index in [1.165, 1.54) is 0 Å². The van der Waals surface area contributed by atoms with Crippen molar-refractivity contribution in [2.45, 2.75) is 18.9 Å². The van der Waals surface area contributed by atoms with Crippen molar-refractivity contribution < 1.29 is 9.90 Å². The highest BCUT2D eigenvalue weighted by Crippen LogP contribution is 2.24. The lowest BCUT2D eigenvalue weighted by atomic mass is 9.98. The van der Waals surface area contributed by atoms with Crippen LogP contribution in [-0.2, 0) is 4.79 Å². The van der Waals surface area contributed by atoms with Crippen LogP contribution < -0.4 is 5.32 Å². The first kappa shape index (κ1) is 7.34. The highest BCUT2D eigenvalue weighted by molar-refractivity contribution is 5.92. The fourth-order valence-corrected chi connectivity index (χ4v) is 1.60. The molecule has 0 spiro atoms. The SMILES string of the molecule is O=C(O)C1CC2CC=CNC2=N1. The van der Waals surface area contributed by atoms with Crippen LogP contribution in [0, 0.1) is 5.92 Å². The van der Waals surface area contributed by atoms with E-state index in [1.807, 2.05) is 12.3 Å². The second kappa shape index (κ2) is 2.62. The zero-order chi connectivity index (χ0) is 8.55. The Bertz CT molecular complexity index is 270. The lowest BCUT2D eigenvalue weighted by Gasteiger charge is -2.14. The molecule has 2 aliphatic rings. The molecule has 2 unspecified atom stereocenters. The number of aliphatic imine (C=N–C) groups is 1. The first-order valence-electron chi connectivity index (χ1n) is 3.99. The lowest BCUT2D eigenvalue weighted by molar-refractivity contribution is -0.138. The Hall–Kier alpha value is -1.32. The summed E-state index contributed by atoms with van der Waals surface area (Å²) >= 11 is 0. The van der Waals surface area contributed by atoms with Gasteiger partial charge in [-0.15, -0.1) is 0 Å². The second-order valence-electron chi connectivity index (χ2n) is 3.08. The van der Waals surface area contributed by atoms with E-state index in [2.05, 4.69) is 10.3 Å². The summed E-state index contributed by atoms with van der Waals surface area (Å²) in [6, 6.07) is -0.530. The van der Waals surface area contributed by atoms with Crippen LogP contribution in [0.3, 0.4) is 0 Å². The van der Waals surface area contributed by atoms with Crippen molar-refractivity contribution in [1.29, 1.82) is 0 Å². The van der Waals surface area contributed by atoms with E-state index in [0.29, 0.717) is 12.3 Å². The van der Waals surface area contributed by atoms with Crippen LogP contribution in [0.25, 0.3) is 0 Å². The highest BCUT2D eigenvalue weighted by atomic mass is 16.4. The highest BCUT2D eigenvalue weighted by Gasteiger charge is 2.32. The number of hydrogen-bond acceptors (Lipinski definition) is 3. The summed E-state index contributed by atoms with van der Waals surface area (Å²) in [6.07, 6.45) is 5.38. The molecule has 0 radical (unpaired) electrons. The lowest BCUT2D eigenvalue weighted by Crippen LogP contribution is -2.26. The molecule has 0 amide bonds. The smallest absolute Gasteiger partial charge is 0.328 e. The average Bonchev–Trinajstić information content (AvgIpc) is 2.46. The van der Waals surface area contributed by atoms with E-state index in [-0.39, 0.29) is 0 Å². The Labute approximate surface area is 70.0 Å². The quantitative estimate of drug-likeness (QED) is 0.591. The van der Waals surface area contributed by atoms with Crippen molar-refractivity contribution in [2.75, 3.05) is 0 Å². The molecule has 2 aliphatic heterocycles. The predicted octanol–water partition coefficient (Wildman–Crippen LogP) is 0.365. The number of hydrogen-bond donors (Lipinski definition) is 2. The number of fused-ring (bicyclic) bond motifs is 1. The number of aliphatic carboxylic acids is 1. The summed E-state index contributed by atoms with van der Waals surface area (Å²) in [4.78, 5) is 14.7. The van der Waals surface area contributed by atoms with Crippen molar-refractivity contribution in [1.82, 2.24) is 5.32 Å². The largest absolute Gasteiger partial charge is 0.480 e. The molecule has 12 heavy (non-hydrogen) atoms. The molecule has 4 heteroatoms. The summed E-state index contributed by atoms with van der Waals surface area (Å²) in [5.41, 5.74) is 0. The van der Waals surface area contributed by atoms with E-state index >= 15 is 0 Å². The van der Waals surface area contributed by atoms with Gasteiger partial charge in [0.15, 0.2) is 0 Å². The molecule has 0 aromatic carbocycles. The molecule has 2 rings (SSSR count). The summed E-state index contributed by atoms with van der Waals surface area (Å²) < 4.78 is 0. The molecule has 64 valence electrons. The Balaban J connectivity index is 2.14. The summed E-state index contributed by atoms with van der Waals surface area (Å²) in [5, 5.41) is 11.7. The topological polar surface area (TPSA) is 61.7 Å². The Morgan fingerprint density at radius 2 is 2.58 bits per heavy atom. The van der Waals surface area contributed by atoms with Gasteiger partial charge < -0.3 is 10.4 Å². The number of nitrogens with one attached hydrogen (secondary N) is 1.